The quantitative estimate of drug-likeness (QED) is 0.794. The highest BCUT2D eigenvalue weighted by Crippen LogP contribution is 2.29. The van der Waals surface area contributed by atoms with Gasteiger partial charge in [-0.15, -0.1) is 0 Å². The average Bonchev–Trinajstić information content (AvgIpc) is 2.32. The van der Waals surface area contributed by atoms with Gasteiger partial charge in [-0.3, -0.25) is 4.79 Å². The van der Waals surface area contributed by atoms with Crippen molar-refractivity contribution in [1.82, 2.24) is 0 Å². The smallest absolute Gasteiger partial charge is 0.243 e. The molecule has 100 valence electrons. The predicted octanol–water partition coefficient (Wildman–Crippen LogP) is 3.58. The zero-order chi connectivity index (χ0) is 13.6. The molecule has 0 fully saturated rings. The van der Waals surface area contributed by atoms with Crippen LogP contribution in [0.4, 0.5) is 5.69 Å². The number of amides is 1. The standard InChI is InChI=1S/C14H21ClN2O/c1-3-9-14(10-4-2,13(16)18)17-12-8-6-5-7-11(12)15/h5-8,17H,3-4,9-10H2,1-2H3,(H2,16,18). The van der Waals surface area contributed by atoms with Gasteiger partial charge in [-0.2, -0.15) is 0 Å². The number of benzene rings is 1. The van der Waals surface area contributed by atoms with E-state index >= 15 is 0 Å². The van der Waals surface area contributed by atoms with Gasteiger partial charge in [0.2, 0.25) is 5.91 Å². The highest BCUT2D eigenvalue weighted by molar-refractivity contribution is 6.33. The van der Waals surface area contributed by atoms with Gasteiger partial charge in [-0.05, 0) is 25.0 Å². The van der Waals surface area contributed by atoms with Crippen molar-refractivity contribution < 1.29 is 4.79 Å². The van der Waals surface area contributed by atoms with Crippen molar-refractivity contribution in [3.05, 3.63) is 29.3 Å². The van der Waals surface area contributed by atoms with Gasteiger partial charge < -0.3 is 11.1 Å². The summed E-state index contributed by atoms with van der Waals surface area (Å²) >= 11 is 6.12. The number of rotatable bonds is 7. The number of nitrogens with two attached hydrogens (primary N) is 1. The van der Waals surface area contributed by atoms with Gasteiger partial charge >= 0.3 is 0 Å². The number of nitrogens with one attached hydrogen (secondary N) is 1. The Hall–Kier alpha value is -1.22. The van der Waals surface area contributed by atoms with E-state index < -0.39 is 5.54 Å². The maximum atomic E-state index is 11.8. The van der Waals surface area contributed by atoms with Crippen LogP contribution in [0, 0.1) is 0 Å². The summed E-state index contributed by atoms with van der Waals surface area (Å²) in [7, 11) is 0. The Morgan fingerprint density at radius 3 is 2.28 bits per heavy atom. The van der Waals surface area contributed by atoms with Crippen LogP contribution in [0.15, 0.2) is 24.3 Å². The van der Waals surface area contributed by atoms with E-state index in [1.807, 2.05) is 32.0 Å². The summed E-state index contributed by atoms with van der Waals surface area (Å²) in [5.41, 5.74) is 5.66. The van der Waals surface area contributed by atoms with Crippen LogP contribution in [0.3, 0.4) is 0 Å². The van der Waals surface area contributed by atoms with E-state index in [2.05, 4.69) is 5.32 Å². The molecule has 0 bridgehead atoms. The molecule has 0 spiro atoms. The minimum atomic E-state index is -0.700. The summed E-state index contributed by atoms with van der Waals surface area (Å²) < 4.78 is 0. The number of carbonyl (C=O) groups excluding carboxylic acids is 1. The number of anilines is 1. The molecule has 1 aromatic carbocycles. The van der Waals surface area contributed by atoms with E-state index in [0.29, 0.717) is 17.9 Å². The van der Waals surface area contributed by atoms with Crippen molar-refractivity contribution in [2.24, 2.45) is 5.73 Å². The van der Waals surface area contributed by atoms with Gasteiger partial charge in [0.1, 0.15) is 5.54 Å². The molecule has 0 aliphatic rings. The van der Waals surface area contributed by atoms with Crippen LogP contribution in [-0.4, -0.2) is 11.4 Å². The van der Waals surface area contributed by atoms with Crippen LogP contribution >= 0.6 is 11.6 Å². The van der Waals surface area contributed by atoms with E-state index in [0.717, 1.165) is 18.5 Å². The molecule has 1 rings (SSSR count). The van der Waals surface area contributed by atoms with Gasteiger partial charge in [-0.1, -0.05) is 50.4 Å². The SMILES string of the molecule is CCCC(CCC)(Nc1ccccc1Cl)C(N)=O. The molecule has 0 aliphatic heterocycles. The van der Waals surface area contributed by atoms with Crippen molar-refractivity contribution in [2.45, 2.75) is 45.1 Å². The minimum absolute atomic E-state index is 0.314. The van der Waals surface area contributed by atoms with E-state index in [1.54, 1.807) is 6.07 Å². The van der Waals surface area contributed by atoms with E-state index in [-0.39, 0.29) is 5.91 Å². The van der Waals surface area contributed by atoms with Crippen LogP contribution in [0.2, 0.25) is 5.02 Å². The van der Waals surface area contributed by atoms with Gasteiger partial charge in [-0.25, -0.2) is 0 Å². The normalized spacial score (nSPS) is 11.3. The second-order valence-electron chi connectivity index (χ2n) is 4.55. The summed E-state index contributed by atoms with van der Waals surface area (Å²) in [6.45, 7) is 4.09. The summed E-state index contributed by atoms with van der Waals surface area (Å²) in [6, 6.07) is 7.41. The predicted molar refractivity (Wildman–Crippen MR) is 76.8 cm³/mol. The van der Waals surface area contributed by atoms with Gasteiger partial charge in [0.05, 0.1) is 10.7 Å². The molecule has 0 saturated carbocycles. The Kier molecular flexibility index (Phi) is 5.48. The zero-order valence-electron chi connectivity index (χ0n) is 11.0. The van der Waals surface area contributed by atoms with Crippen molar-refractivity contribution in [1.29, 1.82) is 0 Å². The van der Waals surface area contributed by atoms with Gasteiger partial charge in [0.25, 0.3) is 0 Å². The third kappa shape index (κ3) is 3.39. The molecular formula is C14H21ClN2O. The third-order valence-corrected chi connectivity index (χ3v) is 3.40. The molecule has 0 atom stereocenters. The summed E-state index contributed by atoms with van der Waals surface area (Å²) in [5.74, 6) is -0.314. The molecule has 0 unspecified atom stereocenters. The fourth-order valence-corrected chi connectivity index (χ4v) is 2.41. The van der Waals surface area contributed by atoms with E-state index in [4.69, 9.17) is 17.3 Å². The number of carbonyl (C=O) groups is 1. The second kappa shape index (κ2) is 6.64. The van der Waals surface area contributed by atoms with Crippen molar-refractivity contribution in [3.63, 3.8) is 0 Å². The molecule has 3 N–H and O–H groups in total. The Morgan fingerprint density at radius 2 is 1.83 bits per heavy atom. The van der Waals surface area contributed by atoms with Gasteiger partial charge in [0.15, 0.2) is 0 Å². The lowest BCUT2D eigenvalue weighted by molar-refractivity contribution is -0.122. The number of para-hydroxylation sites is 1. The van der Waals surface area contributed by atoms with E-state index in [9.17, 15) is 4.79 Å². The number of hydrogen-bond acceptors (Lipinski definition) is 2. The van der Waals surface area contributed by atoms with Crippen molar-refractivity contribution in [3.8, 4) is 0 Å². The molecule has 18 heavy (non-hydrogen) atoms. The minimum Gasteiger partial charge on any atom is -0.370 e. The van der Waals surface area contributed by atoms with Crippen LogP contribution < -0.4 is 11.1 Å². The lowest BCUT2D eigenvalue weighted by Crippen LogP contribution is -2.50. The largest absolute Gasteiger partial charge is 0.370 e. The molecule has 4 heteroatoms. The van der Waals surface area contributed by atoms with Crippen LogP contribution in [0.25, 0.3) is 0 Å². The van der Waals surface area contributed by atoms with Crippen LogP contribution in [-0.2, 0) is 4.79 Å². The molecule has 0 saturated heterocycles. The Balaban J connectivity index is 3.03. The summed E-state index contributed by atoms with van der Waals surface area (Å²) in [6.07, 6.45) is 3.20. The maximum Gasteiger partial charge on any atom is 0.243 e. The molecule has 0 heterocycles. The summed E-state index contributed by atoms with van der Waals surface area (Å²) in [4.78, 5) is 11.8. The first-order chi connectivity index (χ1) is 8.55. The zero-order valence-corrected chi connectivity index (χ0v) is 11.8. The monoisotopic (exact) mass is 268 g/mol. The van der Waals surface area contributed by atoms with Crippen LogP contribution in [0.1, 0.15) is 39.5 Å². The lowest BCUT2D eigenvalue weighted by Gasteiger charge is -2.32. The number of halogens is 1. The first kappa shape index (κ1) is 14.8. The molecule has 3 nitrogen and oxygen atoms in total. The highest BCUT2D eigenvalue weighted by Gasteiger charge is 2.34. The first-order valence-corrected chi connectivity index (χ1v) is 6.76. The third-order valence-electron chi connectivity index (χ3n) is 3.07. The molecule has 0 aromatic heterocycles. The Morgan fingerprint density at radius 1 is 1.28 bits per heavy atom. The molecule has 1 aromatic rings. The number of hydrogen-bond donors (Lipinski definition) is 2. The second-order valence-corrected chi connectivity index (χ2v) is 4.96. The molecule has 1 amide bonds. The van der Waals surface area contributed by atoms with E-state index in [1.165, 1.54) is 0 Å². The van der Waals surface area contributed by atoms with Crippen LogP contribution in [0.5, 0.6) is 0 Å². The topological polar surface area (TPSA) is 55.1 Å². The maximum absolute atomic E-state index is 11.8. The molecule has 0 aliphatic carbocycles. The summed E-state index contributed by atoms with van der Waals surface area (Å²) in [5, 5.41) is 3.86. The lowest BCUT2D eigenvalue weighted by atomic mass is 9.87. The number of primary amides is 1. The average molecular weight is 269 g/mol. The molecule has 0 radical (unpaired) electrons. The van der Waals surface area contributed by atoms with Crippen molar-refractivity contribution in [2.75, 3.05) is 5.32 Å². The molecular weight excluding hydrogens is 248 g/mol. The first-order valence-electron chi connectivity index (χ1n) is 6.38. The fourth-order valence-electron chi connectivity index (χ4n) is 2.23. The van der Waals surface area contributed by atoms with Gasteiger partial charge in [0, 0.05) is 0 Å². The Bertz CT molecular complexity index is 401. The fraction of sp³-hybridized carbons (Fsp3) is 0.500. The van der Waals surface area contributed by atoms with Crippen molar-refractivity contribution >= 4 is 23.2 Å². The Labute approximate surface area is 114 Å². The highest BCUT2D eigenvalue weighted by atomic mass is 35.5.